The average molecular weight is 297 g/mol. The lowest BCUT2D eigenvalue weighted by Gasteiger charge is -2.30. The molecule has 2 saturated carbocycles. The van der Waals surface area contributed by atoms with Crippen LogP contribution in [-0.2, 0) is 4.79 Å². The van der Waals surface area contributed by atoms with Crippen molar-refractivity contribution in [2.45, 2.75) is 63.6 Å². The van der Waals surface area contributed by atoms with E-state index >= 15 is 0 Å². The zero-order valence-corrected chi connectivity index (χ0v) is 13.0. The van der Waals surface area contributed by atoms with Gasteiger partial charge in [0.25, 0.3) is 0 Å². The molecular weight excluding hydrogens is 270 g/mol. The molecule has 3 N–H and O–H groups in total. The monoisotopic (exact) mass is 297 g/mol. The molecule has 21 heavy (non-hydrogen) atoms. The number of urea groups is 1. The molecular formula is C15H27N3O3. The zero-order valence-electron chi connectivity index (χ0n) is 13.0. The molecule has 2 amide bonds. The summed E-state index contributed by atoms with van der Waals surface area (Å²) in [5.41, 5.74) is 0. The maximum Gasteiger partial charge on any atom is 0.315 e. The minimum Gasteiger partial charge on any atom is -0.481 e. The van der Waals surface area contributed by atoms with E-state index < -0.39 is 11.9 Å². The van der Waals surface area contributed by atoms with Gasteiger partial charge in [0.1, 0.15) is 0 Å². The van der Waals surface area contributed by atoms with Crippen molar-refractivity contribution in [1.29, 1.82) is 0 Å². The van der Waals surface area contributed by atoms with Gasteiger partial charge in [0.05, 0.1) is 5.92 Å². The van der Waals surface area contributed by atoms with Crippen LogP contribution in [0.1, 0.15) is 45.4 Å². The van der Waals surface area contributed by atoms with Gasteiger partial charge in [-0.2, -0.15) is 0 Å². The van der Waals surface area contributed by atoms with Crippen molar-refractivity contribution in [2.75, 3.05) is 13.6 Å². The van der Waals surface area contributed by atoms with Crippen LogP contribution in [0.2, 0.25) is 0 Å². The smallest absolute Gasteiger partial charge is 0.315 e. The number of carbonyl (C=O) groups excluding carboxylic acids is 1. The fourth-order valence-electron chi connectivity index (χ4n) is 3.04. The summed E-state index contributed by atoms with van der Waals surface area (Å²) in [6.07, 6.45) is 5.81. The Labute approximate surface area is 126 Å². The molecule has 3 unspecified atom stereocenters. The molecule has 6 nitrogen and oxygen atoms in total. The molecule has 0 aromatic carbocycles. The molecule has 0 saturated heterocycles. The number of amides is 2. The van der Waals surface area contributed by atoms with Gasteiger partial charge in [-0.15, -0.1) is 0 Å². The Balaban J connectivity index is 1.73. The minimum absolute atomic E-state index is 0.243. The first-order chi connectivity index (χ1) is 9.99. The number of hydrogen-bond donors (Lipinski definition) is 3. The van der Waals surface area contributed by atoms with Gasteiger partial charge >= 0.3 is 12.0 Å². The highest BCUT2D eigenvalue weighted by Gasteiger charge is 2.32. The van der Waals surface area contributed by atoms with Crippen LogP contribution in [-0.4, -0.2) is 53.7 Å². The number of aliphatic carboxylic acids is 1. The molecule has 2 fully saturated rings. The van der Waals surface area contributed by atoms with Crippen molar-refractivity contribution in [2.24, 2.45) is 5.92 Å². The van der Waals surface area contributed by atoms with Crippen LogP contribution < -0.4 is 10.6 Å². The van der Waals surface area contributed by atoms with E-state index in [1.54, 1.807) is 0 Å². The molecule has 0 radical (unpaired) electrons. The van der Waals surface area contributed by atoms with E-state index in [1.807, 2.05) is 0 Å². The maximum absolute atomic E-state index is 12.0. The molecule has 6 heteroatoms. The highest BCUT2D eigenvalue weighted by Crippen LogP contribution is 2.27. The zero-order chi connectivity index (χ0) is 15.4. The SMILES string of the molecule is CC(CNC(=O)NC1CCCCC1C(=O)O)N(C)C1CC1. The van der Waals surface area contributed by atoms with Crippen molar-refractivity contribution >= 4 is 12.0 Å². The number of likely N-dealkylation sites (N-methyl/N-ethyl adjacent to an activating group) is 1. The van der Waals surface area contributed by atoms with E-state index in [9.17, 15) is 14.7 Å². The van der Waals surface area contributed by atoms with Crippen molar-refractivity contribution in [3.05, 3.63) is 0 Å². The number of carboxylic acids is 1. The number of nitrogens with zero attached hydrogens (tertiary/aromatic N) is 1. The Morgan fingerprint density at radius 3 is 2.52 bits per heavy atom. The van der Waals surface area contributed by atoms with Gasteiger partial charge in [-0.05, 0) is 39.7 Å². The molecule has 0 aliphatic heterocycles. The van der Waals surface area contributed by atoms with E-state index in [4.69, 9.17) is 0 Å². The minimum atomic E-state index is -0.804. The molecule has 0 aromatic heterocycles. The van der Waals surface area contributed by atoms with E-state index in [0.717, 1.165) is 19.3 Å². The van der Waals surface area contributed by atoms with Crippen molar-refractivity contribution in [1.82, 2.24) is 15.5 Å². The summed E-state index contributed by atoms with van der Waals surface area (Å²) in [7, 11) is 2.09. The summed E-state index contributed by atoms with van der Waals surface area (Å²) in [5, 5.41) is 14.9. The number of carboxylic acid groups (broad SMARTS) is 1. The third kappa shape index (κ3) is 4.59. The molecule has 3 atom stereocenters. The van der Waals surface area contributed by atoms with E-state index in [1.165, 1.54) is 12.8 Å². The van der Waals surface area contributed by atoms with Crippen LogP contribution >= 0.6 is 0 Å². The summed E-state index contributed by atoms with van der Waals surface area (Å²) in [6, 6.07) is 0.474. The predicted octanol–water partition coefficient (Wildman–Crippen LogP) is 1.41. The number of nitrogens with one attached hydrogen (secondary N) is 2. The van der Waals surface area contributed by atoms with E-state index in [0.29, 0.717) is 25.0 Å². The Morgan fingerprint density at radius 2 is 1.90 bits per heavy atom. The molecule has 0 heterocycles. The number of carbonyl (C=O) groups is 2. The summed E-state index contributed by atoms with van der Waals surface area (Å²) >= 11 is 0. The second kappa shape index (κ2) is 7.11. The molecule has 2 aliphatic carbocycles. The highest BCUT2D eigenvalue weighted by atomic mass is 16.4. The second-order valence-corrected chi connectivity index (χ2v) is 6.44. The van der Waals surface area contributed by atoms with Gasteiger partial charge in [0.15, 0.2) is 0 Å². The van der Waals surface area contributed by atoms with Crippen molar-refractivity contribution in [3.8, 4) is 0 Å². The maximum atomic E-state index is 12.0. The Bertz CT molecular complexity index is 384. The number of rotatable bonds is 6. The Hall–Kier alpha value is -1.30. The largest absolute Gasteiger partial charge is 0.481 e. The molecule has 2 aliphatic rings. The molecule has 0 bridgehead atoms. The second-order valence-electron chi connectivity index (χ2n) is 6.44. The first-order valence-corrected chi connectivity index (χ1v) is 7.98. The van der Waals surface area contributed by atoms with Gasteiger partial charge in [-0.25, -0.2) is 4.79 Å². The molecule has 0 aromatic rings. The van der Waals surface area contributed by atoms with Crippen LogP contribution in [0, 0.1) is 5.92 Å². The first-order valence-electron chi connectivity index (χ1n) is 7.98. The lowest BCUT2D eigenvalue weighted by Crippen LogP contribution is -2.51. The average Bonchev–Trinajstić information content (AvgIpc) is 3.29. The summed E-state index contributed by atoms with van der Waals surface area (Å²) in [5.74, 6) is -1.25. The van der Waals surface area contributed by atoms with Gasteiger partial charge in [0, 0.05) is 24.7 Å². The van der Waals surface area contributed by atoms with Crippen molar-refractivity contribution in [3.63, 3.8) is 0 Å². The van der Waals surface area contributed by atoms with Crippen molar-refractivity contribution < 1.29 is 14.7 Å². The normalized spacial score (nSPS) is 27.2. The quantitative estimate of drug-likeness (QED) is 0.692. The van der Waals surface area contributed by atoms with Crippen LogP contribution in [0.5, 0.6) is 0 Å². The number of hydrogen-bond acceptors (Lipinski definition) is 3. The van der Waals surface area contributed by atoms with Crippen LogP contribution in [0.15, 0.2) is 0 Å². The lowest BCUT2D eigenvalue weighted by molar-refractivity contribution is -0.143. The van der Waals surface area contributed by atoms with Gasteiger partial charge in [0.2, 0.25) is 0 Å². The van der Waals surface area contributed by atoms with E-state index in [-0.39, 0.29) is 12.1 Å². The summed E-state index contributed by atoms with van der Waals surface area (Å²) in [4.78, 5) is 25.5. The van der Waals surface area contributed by atoms with Crippen LogP contribution in [0.3, 0.4) is 0 Å². The third-order valence-corrected chi connectivity index (χ3v) is 4.78. The molecule has 2 rings (SSSR count). The molecule has 120 valence electrons. The highest BCUT2D eigenvalue weighted by molar-refractivity contribution is 5.76. The van der Waals surface area contributed by atoms with Crippen LogP contribution in [0.4, 0.5) is 4.79 Å². The fourth-order valence-corrected chi connectivity index (χ4v) is 3.04. The lowest BCUT2D eigenvalue weighted by atomic mass is 9.84. The van der Waals surface area contributed by atoms with Gasteiger partial charge in [-0.1, -0.05) is 12.8 Å². The van der Waals surface area contributed by atoms with Crippen LogP contribution in [0.25, 0.3) is 0 Å². The topological polar surface area (TPSA) is 81.7 Å². The molecule has 0 spiro atoms. The van der Waals surface area contributed by atoms with Gasteiger partial charge < -0.3 is 15.7 Å². The van der Waals surface area contributed by atoms with E-state index in [2.05, 4.69) is 29.5 Å². The van der Waals surface area contributed by atoms with Gasteiger partial charge in [-0.3, -0.25) is 9.69 Å². The Morgan fingerprint density at radius 1 is 1.24 bits per heavy atom. The predicted molar refractivity (Wildman–Crippen MR) is 80.2 cm³/mol. The fraction of sp³-hybridized carbons (Fsp3) is 0.867. The Kier molecular flexibility index (Phi) is 5.45. The third-order valence-electron chi connectivity index (χ3n) is 4.78. The standard InChI is InChI=1S/C15H27N3O3/c1-10(18(2)11-7-8-11)9-16-15(21)17-13-6-4-3-5-12(13)14(19)20/h10-13H,3-9H2,1-2H3,(H,19,20)(H2,16,17,21). The summed E-state index contributed by atoms with van der Waals surface area (Å²) in [6.45, 7) is 2.68. The summed E-state index contributed by atoms with van der Waals surface area (Å²) < 4.78 is 0. The first kappa shape index (κ1) is 16.1.